The van der Waals surface area contributed by atoms with E-state index < -0.39 is 5.60 Å². The number of nitrogens with one attached hydrogen (secondary N) is 1. The molecule has 0 radical (unpaired) electrons. The summed E-state index contributed by atoms with van der Waals surface area (Å²) in [4.78, 5) is 14.8. The van der Waals surface area contributed by atoms with Crippen LogP contribution in [0.3, 0.4) is 0 Å². The first-order valence-corrected chi connectivity index (χ1v) is 9.98. The van der Waals surface area contributed by atoms with E-state index in [-0.39, 0.29) is 11.4 Å². The Kier molecular flexibility index (Phi) is 5.02. The number of carbonyl (C=O) groups excluding carboxylic acids is 1. The maximum Gasteiger partial charge on any atom is 0.255 e. The standard InChI is InChI=1S/C23H28N2O2/c26-21-23(27,18-24-22(14-15-22)20-10-5-2-6-11-20)13-7-16-25(21)17-12-19-8-3-1-4-9-19/h1-6,8-11,24,27H,7,12-18H2/t23-/m1/s1. The second kappa shape index (κ2) is 7.45. The van der Waals surface area contributed by atoms with Crippen molar-refractivity contribution in [3.8, 4) is 0 Å². The molecule has 0 unspecified atom stereocenters. The van der Waals surface area contributed by atoms with Gasteiger partial charge in [-0.2, -0.15) is 0 Å². The van der Waals surface area contributed by atoms with E-state index in [0.29, 0.717) is 19.5 Å². The Morgan fingerprint density at radius 2 is 1.63 bits per heavy atom. The second-order valence-corrected chi connectivity index (χ2v) is 7.96. The molecule has 0 bridgehead atoms. The highest BCUT2D eigenvalue weighted by molar-refractivity contribution is 5.86. The predicted molar refractivity (Wildman–Crippen MR) is 106 cm³/mol. The minimum absolute atomic E-state index is 0.0659. The van der Waals surface area contributed by atoms with E-state index in [9.17, 15) is 9.90 Å². The van der Waals surface area contributed by atoms with Crippen LogP contribution >= 0.6 is 0 Å². The molecule has 2 N–H and O–H groups in total. The molecule has 4 nitrogen and oxygen atoms in total. The molecule has 142 valence electrons. The summed E-state index contributed by atoms with van der Waals surface area (Å²) in [5, 5.41) is 14.6. The van der Waals surface area contributed by atoms with Crippen LogP contribution in [-0.4, -0.2) is 41.1 Å². The third kappa shape index (κ3) is 3.92. The van der Waals surface area contributed by atoms with Gasteiger partial charge in [0.15, 0.2) is 5.60 Å². The monoisotopic (exact) mass is 364 g/mol. The summed E-state index contributed by atoms with van der Waals surface area (Å²) in [5.74, 6) is -0.124. The molecule has 4 rings (SSSR count). The lowest BCUT2D eigenvalue weighted by Gasteiger charge is -2.39. The number of nitrogens with zero attached hydrogens (tertiary/aromatic N) is 1. The minimum atomic E-state index is -1.29. The van der Waals surface area contributed by atoms with Crippen LogP contribution < -0.4 is 5.32 Å². The number of likely N-dealkylation sites (tertiary alicyclic amines) is 1. The largest absolute Gasteiger partial charge is 0.379 e. The van der Waals surface area contributed by atoms with Crippen LogP contribution in [0.2, 0.25) is 0 Å². The molecule has 4 heteroatoms. The molecule has 1 heterocycles. The maximum absolute atomic E-state index is 13.0. The summed E-state index contributed by atoms with van der Waals surface area (Å²) in [7, 11) is 0. The van der Waals surface area contributed by atoms with Gasteiger partial charge in [0.25, 0.3) is 5.91 Å². The molecule has 1 aliphatic heterocycles. The maximum atomic E-state index is 13.0. The van der Waals surface area contributed by atoms with E-state index in [1.165, 1.54) is 11.1 Å². The normalized spacial score (nSPS) is 24.0. The summed E-state index contributed by atoms with van der Waals surface area (Å²) in [5.41, 5.74) is 1.11. The van der Waals surface area contributed by atoms with Gasteiger partial charge in [0.1, 0.15) is 0 Å². The Morgan fingerprint density at radius 1 is 0.963 bits per heavy atom. The smallest absolute Gasteiger partial charge is 0.255 e. The fourth-order valence-corrected chi connectivity index (χ4v) is 4.12. The topological polar surface area (TPSA) is 52.6 Å². The summed E-state index contributed by atoms with van der Waals surface area (Å²) in [6, 6.07) is 20.6. The molecule has 1 saturated carbocycles. The highest BCUT2D eigenvalue weighted by atomic mass is 16.3. The van der Waals surface area contributed by atoms with Gasteiger partial charge in [-0.3, -0.25) is 4.79 Å². The number of carbonyl (C=O) groups is 1. The molecule has 0 aromatic heterocycles. The van der Waals surface area contributed by atoms with E-state index in [1.54, 1.807) is 0 Å². The second-order valence-electron chi connectivity index (χ2n) is 7.96. The third-order valence-electron chi connectivity index (χ3n) is 6.01. The number of rotatable bonds is 7. The first-order chi connectivity index (χ1) is 13.1. The molecule has 2 aromatic rings. The lowest BCUT2D eigenvalue weighted by molar-refractivity contribution is -0.156. The van der Waals surface area contributed by atoms with Crippen molar-refractivity contribution in [3.05, 3.63) is 71.8 Å². The van der Waals surface area contributed by atoms with Crippen LogP contribution in [0.4, 0.5) is 0 Å². The van der Waals surface area contributed by atoms with E-state index >= 15 is 0 Å². The number of amides is 1. The van der Waals surface area contributed by atoms with E-state index in [4.69, 9.17) is 0 Å². The van der Waals surface area contributed by atoms with Gasteiger partial charge in [-0.15, -0.1) is 0 Å². The van der Waals surface area contributed by atoms with Gasteiger partial charge >= 0.3 is 0 Å². The van der Waals surface area contributed by atoms with Crippen LogP contribution in [0.25, 0.3) is 0 Å². The number of benzene rings is 2. The molecular weight excluding hydrogens is 336 g/mol. The molecule has 0 spiro atoms. The van der Waals surface area contributed by atoms with Crippen LogP contribution in [0.5, 0.6) is 0 Å². The van der Waals surface area contributed by atoms with Gasteiger partial charge in [-0.05, 0) is 43.2 Å². The summed E-state index contributed by atoms with van der Waals surface area (Å²) < 4.78 is 0. The fraction of sp³-hybridized carbons (Fsp3) is 0.435. The van der Waals surface area contributed by atoms with Gasteiger partial charge in [-0.25, -0.2) is 0 Å². The zero-order chi connectivity index (χ0) is 18.7. The molecular formula is C23H28N2O2. The van der Waals surface area contributed by atoms with Crippen LogP contribution in [0, 0.1) is 0 Å². The molecule has 1 aliphatic carbocycles. The van der Waals surface area contributed by atoms with E-state index in [0.717, 1.165) is 32.2 Å². The molecule has 1 amide bonds. The zero-order valence-corrected chi connectivity index (χ0v) is 15.7. The molecule has 1 atom stereocenters. The van der Waals surface area contributed by atoms with Gasteiger partial charge < -0.3 is 15.3 Å². The number of aliphatic hydroxyl groups is 1. The Hall–Kier alpha value is -2.17. The van der Waals surface area contributed by atoms with Crippen molar-refractivity contribution in [1.82, 2.24) is 10.2 Å². The van der Waals surface area contributed by atoms with Crippen molar-refractivity contribution < 1.29 is 9.90 Å². The van der Waals surface area contributed by atoms with Crippen molar-refractivity contribution in [2.45, 2.75) is 43.2 Å². The van der Waals surface area contributed by atoms with Crippen LogP contribution in [0.1, 0.15) is 36.8 Å². The van der Waals surface area contributed by atoms with Crippen molar-refractivity contribution in [1.29, 1.82) is 0 Å². The van der Waals surface area contributed by atoms with Crippen molar-refractivity contribution in [2.75, 3.05) is 19.6 Å². The van der Waals surface area contributed by atoms with E-state index in [1.807, 2.05) is 41.3 Å². The van der Waals surface area contributed by atoms with Crippen molar-refractivity contribution >= 4 is 5.91 Å². The van der Waals surface area contributed by atoms with Crippen molar-refractivity contribution in [3.63, 3.8) is 0 Å². The van der Waals surface area contributed by atoms with Gasteiger partial charge in [0, 0.05) is 25.2 Å². The van der Waals surface area contributed by atoms with Crippen molar-refractivity contribution in [2.24, 2.45) is 0 Å². The number of hydrogen-bond donors (Lipinski definition) is 2. The van der Waals surface area contributed by atoms with Crippen LogP contribution in [-0.2, 0) is 16.8 Å². The SMILES string of the molecule is O=C1N(CCc2ccccc2)CCC[C@@]1(O)CNC1(c2ccccc2)CC1. The molecule has 1 saturated heterocycles. The molecule has 2 fully saturated rings. The Morgan fingerprint density at radius 3 is 2.30 bits per heavy atom. The molecule has 2 aliphatic rings. The lowest BCUT2D eigenvalue weighted by Crippen LogP contribution is -2.59. The Bertz CT molecular complexity index is 773. The highest BCUT2D eigenvalue weighted by Crippen LogP contribution is 2.45. The summed E-state index contributed by atoms with van der Waals surface area (Å²) in [6.45, 7) is 1.72. The molecule has 2 aromatic carbocycles. The number of hydrogen-bond acceptors (Lipinski definition) is 3. The zero-order valence-electron chi connectivity index (χ0n) is 15.7. The lowest BCUT2D eigenvalue weighted by atomic mass is 9.90. The first kappa shape index (κ1) is 18.2. The molecule has 27 heavy (non-hydrogen) atoms. The quantitative estimate of drug-likeness (QED) is 0.794. The first-order valence-electron chi connectivity index (χ1n) is 9.98. The number of piperidine rings is 1. The Balaban J connectivity index is 1.38. The Labute approximate surface area is 161 Å². The highest BCUT2D eigenvalue weighted by Gasteiger charge is 2.48. The minimum Gasteiger partial charge on any atom is -0.379 e. The van der Waals surface area contributed by atoms with Gasteiger partial charge in [-0.1, -0.05) is 60.7 Å². The fourth-order valence-electron chi connectivity index (χ4n) is 4.12. The summed E-state index contributed by atoms with van der Waals surface area (Å²) >= 11 is 0. The predicted octanol–water partition coefficient (Wildman–Crippen LogP) is 2.86. The third-order valence-corrected chi connectivity index (χ3v) is 6.01. The summed E-state index contributed by atoms with van der Waals surface area (Å²) in [6.07, 6.45) is 4.31. The average molecular weight is 364 g/mol. The van der Waals surface area contributed by atoms with Crippen LogP contribution in [0.15, 0.2) is 60.7 Å². The van der Waals surface area contributed by atoms with Gasteiger partial charge in [0.2, 0.25) is 0 Å². The average Bonchev–Trinajstić information content (AvgIpc) is 3.51. The van der Waals surface area contributed by atoms with Gasteiger partial charge in [0.05, 0.1) is 0 Å². The van der Waals surface area contributed by atoms with E-state index in [2.05, 4.69) is 29.6 Å².